The van der Waals surface area contributed by atoms with Crippen LogP contribution in [0.15, 0.2) is 10.8 Å². The lowest BCUT2D eigenvalue weighted by Gasteiger charge is -2.34. The van der Waals surface area contributed by atoms with Gasteiger partial charge in [0.15, 0.2) is 0 Å². The topological polar surface area (TPSA) is 98.7 Å². The molecule has 3 heterocycles. The van der Waals surface area contributed by atoms with Crippen molar-refractivity contribution >= 4 is 11.8 Å². The van der Waals surface area contributed by atoms with Gasteiger partial charge in [-0.3, -0.25) is 9.59 Å². The van der Waals surface area contributed by atoms with Gasteiger partial charge in [0.2, 0.25) is 5.91 Å². The van der Waals surface area contributed by atoms with Crippen molar-refractivity contribution in [3.05, 3.63) is 17.5 Å². The molecule has 0 aromatic carbocycles. The lowest BCUT2D eigenvalue weighted by molar-refractivity contribution is -0.130. The third-order valence-corrected chi connectivity index (χ3v) is 4.70. The molecule has 22 heavy (non-hydrogen) atoms. The summed E-state index contributed by atoms with van der Waals surface area (Å²) >= 11 is 0. The summed E-state index contributed by atoms with van der Waals surface area (Å²) in [6.07, 6.45) is 4.40. The van der Waals surface area contributed by atoms with E-state index in [0.29, 0.717) is 36.7 Å². The summed E-state index contributed by atoms with van der Waals surface area (Å²) in [4.78, 5) is 25.4. The maximum absolute atomic E-state index is 12.4. The number of amides is 2. The van der Waals surface area contributed by atoms with Crippen molar-refractivity contribution < 1.29 is 18.8 Å². The molecular weight excluding hydrogens is 286 g/mol. The molecule has 0 unspecified atom stereocenters. The fraction of sp³-hybridized carbons (Fsp3) is 0.667. The van der Waals surface area contributed by atoms with Crippen molar-refractivity contribution in [3.63, 3.8) is 0 Å². The molecule has 7 heteroatoms. The van der Waals surface area contributed by atoms with Gasteiger partial charge in [0, 0.05) is 13.1 Å². The van der Waals surface area contributed by atoms with Crippen LogP contribution in [0.4, 0.5) is 0 Å². The molecule has 120 valence electrons. The second-order valence-electron chi connectivity index (χ2n) is 6.09. The van der Waals surface area contributed by atoms with E-state index in [0.717, 1.165) is 19.3 Å². The predicted molar refractivity (Wildman–Crippen MR) is 77.0 cm³/mol. The Labute approximate surface area is 128 Å². The molecular formula is C15H21N3O4. The highest BCUT2D eigenvalue weighted by Gasteiger charge is 2.36. The minimum absolute atomic E-state index is 0.0282. The van der Waals surface area contributed by atoms with Crippen LogP contribution in [0, 0.1) is 12.8 Å². The molecule has 1 aromatic heterocycles. The van der Waals surface area contributed by atoms with E-state index in [9.17, 15) is 9.59 Å². The number of aryl methyl sites for hydroxylation is 1. The number of nitrogens with two attached hydrogens (primary N) is 1. The Bertz CT molecular complexity index is 563. The Kier molecular flexibility index (Phi) is 4.15. The van der Waals surface area contributed by atoms with E-state index in [1.165, 1.54) is 6.26 Å². The van der Waals surface area contributed by atoms with Crippen LogP contribution in [-0.4, -0.2) is 47.2 Å². The maximum Gasteiger partial charge on any atom is 0.259 e. The first-order valence-corrected chi connectivity index (χ1v) is 7.71. The Balaban J connectivity index is 1.54. The smallest absolute Gasteiger partial charge is 0.259 e. The molecule has 3 rings (SSSR count). The van der Waals surface area contributed by atoms with Crippen LogP contribution in [0.5, 0.6) is 0 Å². The molecule has 2 fully saturated rings. The summed E-state index contributed by atoms with van der Waals surface area (Å²) in [5.74, 6) is -0.0189. The number of nitrogens with zero attached hydrogens (tertiary/aromatic N) is 2. The van der Waals surface area contributed by atoms with Crippen LogP contribution in [0.2, 0.25) is 0 Å². The predicted octanol–water partition coefficient (Wildman–Crippen LogP) is 0.868. The highest BCUT2D eigenvalue weighted by atomic mass is 16.5. The first-order chi connectivity index (χ1) is 10.6. The average molecular weight is 307 g/mol. The van der Waals surface area contributed by atoms with Crippen LogP contribution >= 0.6 is 0 Å². The number of aromatic nitrogens is 1. The van der Waals surface area contributed by atoms with E-state index in [1.54, 1.807) is 6.92 Å². The van der Waals surface area contributed by atoms with Gasteiger partial charge in [-0.15, -0.1) is 0 Å². The zero-order valence-corrected chi connectivity index (χ0v) is 12.7. The van der Waals surface area contributed by atoms with Gasteiger partial charge in [-0.25, -0.2) is 0 Å². The zero-order valence-electron chi connectivity index (χ0n) is 12.7. The first-order valence-electron chi connectivity index (χ1n) is 7.71. The van der Waals surface area contributed by atoms with Gasteiger partial charge in [0.1, 0.15) is 17.9 Å². The molecule has 2 aliphatic heterocycles. The third-order valence-electron chi connectivity index (χ3n) is 4.70. The fourth-order valence-electron chi connectivity index (χ4n) is 3.36. The van der Waals surface area contributed by atoms with E-state index in [2.05, 4.69) is 5.16 Å². The van der Waals surface area contributed by atoms with Crippen molar-refractivity contribution in [1.29, 1.82) is 0 Å². The standard InChI is InChI=1S/C15H21N3O4/c1-9-11(8-21-17-9)15(20)18-6-4-10(5-7-18)12-2-3-13(22-12)14(16)19/h8,10,12-13H,2-7H2,1H3,(H2,16,19)/t12-,13+/m0/s1. The van der Waals surface area contributed by atoms with Gasteiger partial charge in [-0.05, 0) is 38.5 Å². The molecule has 0 saturated carbocycles. The quantitative estimate of drug-likeness (QED) is 0.893. The van der Waals surface area contributed by atoms with Gasteiger partial charge in [-0.1, -0.05) is 5.16 Å². The van der Waals surface area contributed by atoms with Gasteiger partial charge < -0.3 is 19.9 Å². The van der Waals surface area contributed by atoms with Crippen LogP contribution in [0.1, 0.15) is 41.7 Å². The summed E-state index contributed by atoms with van der Waals surface area (Å²) in [6.45, 7) is 3.14. The number of ether oxygens (including phenoxy) is 1. The molecule has 2 atom stereocenters. The summed E-state index contributed by atoms with van der Waals surface area (Å²) in [5, 5.41) is 3.75. The monoisotopic (exact) mass is 307 g/mol. The molecule has 0 bridgehead atoms. The summed E-state index contributed by atoms with van der Waals surface area (Å²) < 4.78 is 10.6. The largest absolute Gasteiger partial charge is 0.367 e. The number of primary amides is 1. The highest BCUT2D eigenvalue weighted by molar-refractivity contribution is 5.94. The Morgan fingerprint density at radius 2 is 2.00 bits per heavy atom. The average Bonchev–Trinajstić information content (AvgIpc) is 3.15. The van der Waals surface area contributed by atoms with E-state index in [-0.39, 0.29) is 17.9 Å². The summed E-state index contributed by atoms with van der Waals surface area (Å²) in [6, 6.07) is 0. The van der Waals surface area contributed by atoms with Crippen molar-refractivity contribution in [3.8, 4) is 0 Å². The summed E-state index contributed by atoms with van der Waals surface area (Å²) in [5.41, 5.74) is 6.44. The molecule has 2 amide bonds. The molecule has 7 nitrogen and oxygen atoms in total. The van der Waals surface area contributed by atoms with Crippen LogP contribution in [0.3, 0.4) is 0 Å². The molecule has 0 aliphatic carbocycles. The summed E-state index contributed by atoms with van der Waals surface area (Å²) in [7, 11) is 0. The number of rotatable bonds is 3. The maximum atomic E-state index is 12.4. The van der Waals surface area contributed by atoms with E-state index >= 15 is 0 Å². The molecule has 0 spiro atoms. The number of piperidine rings is 1. The lowest BCUT2D eigenvalue weighted by Crippen LogP contribution is -2.41. The molecule has 2 aliphatic rings. The Hall–Kier alpha value is -1.89. The minimum Gasteiger partial charge on any atom is -0.367 e. The number of hydrogen-bond donors (Lipinski definition) is 1. The Morgan fingerprint density at radius 1 is 1.27 bits per heavy atom. The molecule has 2 saturated heterocycles. The normalized spacial score (nSPS) is 26.3. The van der Waals surface area contributed by atoms with Gasteiger partial charge in [0.25, 0.3) is 5.91 Å². The fourth-order valence-corrected chi connectivity index (χ4v) is 3.36. The van der Waals surface area contributed by atoms with E-state index < -0.39 is 6.10 Å². The third kappa shape index (κ3) is 2.85. The molecule has 0 radical (unpaired) electrons. The Morgan fingerprint density at radius 3 is 2.55 bits per heavy atom. The second kappa shape index (κ2) is 6.08. The van der Waals surface area contributed by atoms with E-state index in [4.69, 9.17) is 15.0 Å². The SMILES string of the molecule is Cc1nocc1C(=O)N1CCC([C@@H]2CC[C@H](C(N)=O)O2)CC1. The lowest BCUT2D eigenvalue weighted by atomic mass is 9.89. The van der Waals surface area contributed by atoms with Gasteiger partial charge in [0.05, 0.1) is 11.8 Å². The molecule has 2 N–H and O–H groups in total. The van der Waals surface area contributed by atoms with Crippen molar-refractivity contribution in [2.24, 2.45) is 11.7 Å². The van der Waals surface area contributed by atoms with Crippen molar-refractivity contribution in [2.45, 2.75) is 44.8 Å². The number of carbonyl (C=O) groups is 2. The minimum atomic E-state index is -0.440. The number of likely N-dealkylation sites (tertiary alicyclic amines) is 1. The van der Waals surface area contributed by atoms with Crippen molar-refractivity contribution in [1.82, 2.24) is 10.1 Å². The van der Waals surface area contributed by atoms with Crippen LogP contribution < -0.4 is 5.73 Å². The van der Waals surface area contributed by atoms with E-state index in [1.807, 2.05) is 4.90 Å². The van der Waals surface area contributed by atoms with Crippen LogP contribution in [-0.2, 0) is 9.53 Å². The first kappa shape index (κ1) is 15.0. The van der Waals surface area contributed by atoms with Gasteiger partial charge in [-0.2, -0.15) is 0 Å². The molecule has 1 aromatic rings. The zero-order chi connectivity index (χ0) is 15.7. The van der Waals surface area contributed by atoms with Crippen molar-refractivity contribution in [2.75, 3.05) is 13.1 Å². The second-order valence-corrected chi connectivity index (χ2v) is 6.09. The number of carbonyl (C=O) groups excluding carboxylic acids is 2. The highest BCUT2D eigenvalue weighted by Crippen LogP contribution is 2.32. The van der Waals surface area contributed by atoms with Crippen LogP contribution in [0.25, 0.3) is 0 Å². The van der Waals surface area contributed by atoms with Gasteiger partial charge >= 0.3 is 0 Å². The number of hydrogen-bond acceptors (Lipinski definition) is 5.